The third-order valence-corrected chi connectivity index (χ3v) is 2.89. The van der Waals surface area contributed by atoms with E-state index < -0.39 is 5.82 Å². The monoisotopic (exact) mass is 261 g/mol. The van der Waals surface area contributed by atoms with Crippen molar-refractivity contribution in [3.05, 3.63) is 59.9 Å². The Morgan fingerprint density at radius 3 is 2.56 bits per heavy atom. The number of benzene rings is 2. The molecule has 2 aromatic carbocycles. The molecule has 2 nitrogen and oxygen atoms in total. The number of thiol groups is 1. The summed E-state index contributed by atoms with van der Waals surface area (Å²) in [5, 5.41) is 0. The van der Waals surface area contributed by atoms with Crippen molar-refractivity contribution in [2.45, 2.75) is 4.90 Å². The maximum Gasteiger partial charge on any atom is 0.258 e. The number of carbonyl (C=O) groups is 1. The van der Waals surface area contributed by atoms with E-state index in [1.54, 1.807) is 49.5 Å². The number of rotatable bonds is 2. The van der Waals surface area contributed by atoms with Crippen molar-refractivity contribution in [2.75, 3.05) is 11.9 Å². The average molecular weight is 261 g/mol. The molecule has 0 fully saturated rings. The van der Waals surface area contributed by atoms with Crippen LogP contribution in [0.15, 0.2) is 53.4 Å². The molecule has 4 heteroatoms. The van der Waals surface area contributed by atoms with Crippen LogP contribution in [-0.2, 0) is 0 Å². The van der Waals surface area contributed by atoms with Gasteiger partial charge in [-0.25, -0.2) is 4.39 Å². The molecular weight excluding hydrogens is 249 g/mol. The minimum absolute atomic E-state index is 0.257. The lowest BCUT2D eigenvalue weighted by atomic mass is 10.2. The number of amides is 1. The summed E-state index contributed by atoms with van der Waals surface area (Å²) < 4.78 is 13.6. The molecule has 0 aliphatic rings. The van der Waals surface area contributed by atoms with Crippen LogP contribution in [0, 0.1) is 5.82 Å². The normalized spacial score (nSPS) is 10.2. The Hall–Kier alpha value is -1.81. The van der Waals surface area contributed by atoms with Crippen LogP contribution in [0.5, 0.6) is 0 Å². The molecule has 2 aromatic rings. The predicted molar refractivity (Wildman–Crippen MR) is 72.8 cm³/mol. The number of nitrogens with zero attached hydrogens (tertiary/aromatic N) is 1. The van der Waals surface area contributed by atoms with E-state index >= 15 is 0 Å². The lowest BCUT2D eigenvalue weighted by molar-refractivity contribution is 0.0992. The molecule has 0 aliphatic carbocycles. The maximum atomic E-state index is 13.6. The third-order valence-electron chi connectivity index (χ3n) is 2.61. The first-order valence-corrected chi connectivity index (χ1v) is 5.86. The zero-order valence-electron chi connectivity index (χ0n) is 9.80. The Labute approximate surface area is 110 Å². The fourth-order valence-corrected chi connectivity index (χ4v) is 1.89. The topological polar surface area (TPSA) is 20.3 Å². The maximum absolute atomic E-state index is 13.6. The van der Waals surface area contributed by atoms with Gasteiger partial charge in [0.05, 0.1) is 5.69 Å². The van der Waals surface area contributed by atoms with E-state index in [4.69, 9.17) is 0 Å². The van der Waals surface area contributed by atoms with Crippen LogP contribution < -0.4 is 4.90 Å². The van der Waals surface area contributed by atoms with Gasteiger partial charge in [-0.15, -0.1) is 12.6 Å². The van der Waals surface area contributed by atoms with Gasteiger partial charge < -0.3 is 4.90 Å². The van der Waals surface area contributed by atoms with Gasteiger partial charge in [0.2, 0.25) is 0 Å². The second-order valence-electron chi connectivity index (χ2n) is 3.87. The van der Waals surface area contributed by atoms with Gasteiger partial charge in [-0.05, 0) is 30.3 Å². The van der Waals surface area contributed by atoms with Crippen molar-refractivity contribution < 1.29 is 9.18 Å². The zero-order valence-corrected chi connectivity index (χ0v) is 10.7. The molecule has 0 aliphatic heterocycles. The summed E-state index contributed by atoms with van der Waals surface area (Å²) in [7, 11) is 1.55. The summed E-state index contributed by atoms with van der Waals surface area (Å²) >= 11 is 4.18. The molecule has 0 unspecified atom stereocenters. The van der Waals surface area contributed by atoms with Crippen LogP contribution in [0.3, 0.4) is 0 Å². The lowest BCUT2D eigenvalue weighted by Crippen LogP contribution is -2.27. The fourth-order valence-electron chi connectivity index (χ4n) is 1.67. The van der Waals surface area contributed by atoms with Gasteiger partial charge in [-0.3, -0.25) is 4.79 Å². The summed E-state index contributed by atoms with van der Waals surface area (Å²) in [4.78, 5) is 14.2. The van der Waals surface area contributed by atoms with Crippen molar-refractivity contribution in [3.63, 3.8) is 0 Å². The Morgan fingerprint density at radius 2 is 1.89 bits per heavy atom. The van der Waals surface area contributed by atoms with Crippen molar-refractivity contribution in [2.24, 2.45) is 0 Å². The van der Waals surface area contributed by atoms with Crippen LogP contribution in [0.4, 0.5) is 10.1 Å². The van der Waals surface area contributed by atoms with Crippen LogP contribution in [0.25, 0.3) is 0 Å². The van der Waals surface area contributed by atoms with E-state index in [1.165, 1.54) is 11.0 Å². The van der Waals surface area contributed by atoms with Crippen molar-refractivity contribution in [1.82, 2.24) is 0 Å². The summed E-state index contributed by atoms with van der Waals surface area (Å²) in [6.07, 6.45) is 0. The van der Waals surface area contributed by atoms with Crippen LogP contribution in [-0.4, -0.2) is 13.0 Å². The Balaban J connectivity index is 2.32. The highest BCUT2D eigenvalue weighted by Gasteiger charge is 2.16. The smallest absolute Gasteiger partial charge is 0.258 e. The first-order chi connectivity index (χ1) is 8.59. The van der Waals surface area contributed by atoms with E-state index in [1.807, 2.05) is 0 Å². The van der Waals surface area contributed by atoms with Gasteiger partial charge in [0, 0.05) is 17.5 Å². The van der Waals surface area contributed by atoms with Crippen LogP contribution in [0.1, 0.15) is 10.4 Å². The predicted octanol–water partition coefficient (Wildman–Crippen LogP) is 3.39. The average Bonchev–Trinajstić information content (AvgIpc) is 2.37. The summed E-state index contributed by atoms with van der Waals surface area (Å²) in [6.45, 7) is 0. The number of hydrogen-bond acceptors (Lipinski definition) is 2. The molecule has 0 spiro atoms. The van der Waals surface area contributed by atoms with Gasteiger partial charge in [0.15, 0.2) is 0 Å². The summed E-state index contributed by atoms with van der Waals surface area (Å²) in [6, 6.07) is 13.0. The largest absolute Gasteiger partial charge is 0.309 e. The highest BCUT2D eigenvalue weighted by atomic mass is 32.1. The van der Waals surface area contributed by atoms with E-state index in [9.17, 15) is 9.18 Å². The molecule has 0 bridgehead atoms. The Morgan fingerprint density at radius 1 is 1.17 bits per heavy atom. The lowest BCUT2D eigenvalue weighted by Gasteiger charge is -2.18. The van der Waals surface area contributed by atoms with Crippen molar-refractivity contribution in [3.8, 4) is 0 Å². The van der Waals surface area contributed by atoms with E-state index in [0.717, 1.165) is 0 Å². The SMILES string of the molecule is CN(C(=O)c1cccc(S)c1)c1ccccc1F. The number of hydrogen-bond donors (Lipinski definition) is 1. The standard InChI is InChI=1S/C14H12FNOS/c1-16(13-8-3-2-7-12(13)15)14(17)10-5-4-6-11(18)9-10/h2-9,18H,1H3. The van der Waals surface area contributed by atoms with Crippen LogP contribution in [0.2, 0.25) is 0 Å². The van der Waals surface area contributed by atoms with Gasteiger partial charge in [-0.2, -0.15) is 0 Å². The molecule has 0 N–H and O–H groups in total. The second kappa shape index (κ2) is 5.23. The molecule has 0 radical (unpaired) electrons. The van der Waals surface area contributed by atoms with Gasteiger partial charge >= 0.3 is 0 Å². The van der Waals surface area contributed by atoms with E-state index in [2.05, 4.69) is 12.6 Å². The summed E-state index contributed by atoms with van der Waals surface area (Å²) in [5.41, 5.74) is 0.736. The number of halogens is 1. The molecule has 18 heavy (non-hydrogen) atoms. The molecule has 0 saturated heterocycles. The number of carbonyl (C=O) groups excluding carboxylic acids is 1. The molecular formula is C14H12FNOS. The fraction of sp³-hybridized carbons (Fsp3) is 0.0714. The molecule has 1 amide bonds. The van der Waals surface area contributed by atoms with Crippen molar-refractivity contribution >= 4 is 24.2 Å². The van der Waals surface area contributed by atoms with Gasteiger partial charge in [0.1, 0.15) is 5.82 Å². The van der Waals surface area contributed by atoms with Crippen LogP contribution >= 0.6 is 12.6 Å². The molecule has 0 atom stereocenters. The first-order valence-electron chi connectivity index (χ1n) is 5.41. The van der Waals surface area contributed by atoms with E-state index in [-0.39, 0.29) is 11.6 Å². The molecule has 0 saturated carbocycles. The highest BCUT2D eigenvalue weighted by molar-refractivity contribution is 7.80. The first kappa shape index (κ1) is 12.6. The molecule has 92 valence electrons. The molecule has 0 heterocycles. The second-order valence-corrected chi connectivity index (χ2v) is 4.38. The zero-order chi connectivity index (χ0) is 13.1. The van der Waals surface area contributed by atoms with Crippen molar-refractivity contribution in [1.29, 1.82) is 0 Å². The minimum Gasteiger partial charge on any atom is -0.309 e. The number of anilines is 1. The molecule has 2 rings (SSSR count). The van der Waals surface area contributed by atoms with Gasteiger partial charge in [0.25, 0.3) is 5.91 Å². The third kappa shape index (κ3) is 2.54. The van der Waals surface area contributed by atoms with E-state index in [0.29, 0.717) is 10.5 Å². The summed E-state index contributed by atoms with van der Waals surface area (Å²) in [5.74, 6) is -0.689. The minimum atomic E-state index is -0.421. The Kier molecular flexibility index (Phi) is 3.67. The van der Waals surface area contributed by atoms with Gasteiger partial charge in [-0.1, -0.05) is 18.2 Å². The quantitative estimate of drug-likeness (QED) is 0.822. The number of para-hydroxylation sites is 1. The Bertz CT molecular complexity index is 586. The molecule has 0 aromatic heterocycles. The highest BCUT2D eigenvalue weighted by Crippen LogP contribution is 2.20.